The van der Waals surface area contributed by atoms with Gasteiger partial charge in [-0.2, -0.15) is 0 Å². The summed E-state index contributed by atoms with van der Waals surface area (Å²) in [6.45, 7) is 4.90. The molecule has 2 N–H and O–H groups in total. The highest BCUT2D eigenvalue weighted by atomic mass is 35.5. The Labute approximate surface area is 167 Å². The van der Waals surface area contributed by atoms with Gasteiger partial charge < -0.3 is 15.2 Å². The third-order valence-electron chi connectivity index (χ3n) is 4.64. The average Bonchev–Trinajstić information content (AvgIpc) is 2.60. The van der Waals surface area contributed by atoms with Crippen LogP contribution >= 0.6 is 23.2 Å². The molecule has 0 unspecified atom stereocenters. The number of rotatable bonds is 3. The summed E-state index contributed by atoms with van der Waals surface area (Å²) in [5, 5.41) is 14.0. The lowest BCUT2D eigenvalue weighted by molar-refractivity contribution is -0.0627. The van der Waals surface area contributed by atoms with Crippen molar-refractivity contribution in [2.24, 2.45) is 0 Å². The predicted molar refractivity (Wildman–Crippen MR) is 104 cm³/mol. The molecule has 3 rings (SSSR count). The topological polar surface area (TPSA) is 75.6 Å². The molecule has 2 atom stereocenters. The number of aliphatic hydroxyl groups is 1. The van der Waals surface area contributed by atoms with Crippen molar-refractivity contribution in [3.05, 3.63) is 63.1 Å². The van der Waals surface area contributed by atoms with Crippen LogP contribution in [0.25, 0.3) is 0 Å². The van der Waals surface area contributed by atoms with Gasteiger partial charge in [-0.25, -0.2) is 0 Å². The molecule has 0 saturated carbocycles. The first kappa shape index (κ1) is 19.7. The molecule has 1 aliphatic rings. The minimum atomic E-state index is -1.05. The fraction of sp³-hybridized carbons (Fsp3) is 0.300. The van der Waals surface area contributed by atoms with Crippen molar-refractivity contribution in [3.63, 3.8) is 0 Å². The number of hydrogen-bond acceptors (Lipinski definition) is 4. The smallest absolute Gasteiger partial charge is 0.253 e. The summed E-state index contributed by atoms with van der Waals surface area (Å²) in [5.41, 5.74) is 0.246. The number of Topliss-reactive ketones (excluding diaryl/α,β-unsaturated/α-hetero) is 1. The van der Waals surface area contributed by atoms with Crippen molar-refractivity contribution < 1.29 is 19.4 Å². The Kier molecular flexibility index (Phi) is 5.21. The number of hydrogen-bond donors (Lipinski definition) is 2. The lowest BCUT2D eigenvalue weighted by Crippen LogP contribution is -2.53. The second-order valence-electron chi connectivity index (χ2n) is 7.01. The SMILES string of the molecule is CC(=O)c1ccc2c(c1)[C@@H](NC(=O)c1cccc(Cl)c1Cl)[C@H](O)C(C)(C)O2. The summed E-state index contributed by atoms with van der Waals surface area (Å²) in [7, 11) is 0. The van der Waals surface area contributed by atoms with E-state index in [1.165, 1.54) is 6.92 Å². The van der Waals surface area contributed by atoms with E-state index in [9.17, 15) is 14.7 Å². The summed E-state index contributed by atoms with van der Waals surface area (Å²) in [6.07, 6.45) is -1.05. The van der Waals surface area contributed by atoms with Crippen molar-refractivity contribution in [1.82, 2.24) is 5.32 Å². The van der Waals surface area contributed by atoms with Gasteiger partial charge in [-0.15, -0.1) is 0 Å². The first-order valence-electron chi connectivity index (χ1n) is 8.38. The molecule has 0 bridgehead atoms. The van der Waals surface area contributed by atoms with Crippen molar-refractivity contribution in [2.45, 2.75) is 38.5 Å². The van der Waals surface area contributed by atoms with Gasteiger partial charge in [0.05, 0.1) is 21.7 Å². The molecule has 142 valence electrons. The van der Waals surface area contributed by atoms with E-state index in [0.29, 0.717) is 16.9 Å². The van der Waals surface area contributed by atoms with Gasteiger partial charge in [0.1, 0.15) is 17.5 Å². The molecule has 27 heavy (non-hydrogen) atoms. The Morgan fingerprint density at radius 1 is 1.19 bits per heavy atom. The first-order chi connectivity index (χ1) is 12.6. The van der Waals surface area contributed by atoms with Gasteiger partial charge in [-0.3, -0.25) is 9.59 Å². The maximum Gasteiger partial charge on any atom is 0.253 e. The van der Waals surface area contributed by atoms with E-state index in [1.54, 1.807) is 50.2 Å². The first-order valence-corrected chi connectivity index (χ1v) is 9.14. The summed E-state index contributed by atoms with van der Waals surface area (Å²) in [5.74, 6) is -0.110. The molecule has 0 radical (unpaired) electrons. The Morgan fingerprint density at radius 3 is 2.56 bits per heavy atom. The Hall–Kier alpha value is -2.08. The van der Waals surface area contributed by atoms with Gasteiger partial charge >= 0.3 is 0 Å². The normalized spacial score (nSPS) is 20.4. The highest BCUT2D eigenvalue weighted by Crippen LogP contribution is 2.40. The number of carbonyl (C=O) groups excluding carboxylic acids is 2. The minimum Gasteiger partial charge on any atom is -0.485 e. The van der Waals surface area contributed by atoms with Crippen LogP contribution in [0.1, 0.15) is 53.1 Å². The second-order valence-corrected chi connectivity index (χ2v) is 7.80. The molecule has 0 fully saturated rings. The molecule has 1 heterocycles. The third kappa shape index (κ3) is 3.68. The molecule has 0 aliphatic carbocycles. The molecule has 0 spiro atoms. The number of ether oxygens (including phenoxy) is 1. The van der Waals surface area contributed by atoms with E-state index < -0.39 is 23.7 Å². The van der Waals surface area contributed by atoms with Gasteiger partial charge in [-0.05, 0) is 51.1 Å². The number of benzene rings is 2. The lowest BCUT2D eigenvalue weighted by Gasteiger charge is -2.42. The molecular weight excluding hydrogens is 389 g/mol. The minimum absolute atomic E-state index is 0.125. The zero-order chi connectivity index (χ0) is 19.9. The number of aliphatic hydroxyl groups excluding tert-OH is 1. The molecule has 0 saturated heterocycles. The maximum absolute atomic E-state index is 12.8. The van der Waals surface area contributed by atoms with E-state index >= 15 is 0 Å². The Balaban J connectivity index is 2.03. The van der Waals surface area contributed by atoms with E-state index in [2.05, 4.69) is 5.32 Å². The van der Waals surface area contributed by atoms with Crippen molar-refractivity contribution in [1.29, 1.82) is 0 Å². The summed E-state index contributed by atoms with van der Waals surface area (Å²) >= 11 is 12.1. The number of fused-ring (bicyclic) bond motifs is 1. The fourth-order valence-corrected chi connectivity index (χ4v) is 3.46. The van der Waals surface area contributed by atoms with Crippen molar-refractivity contribution in [3.8, 4) is 5.75 Å². The lowest BCUT2D eigenvalue weighted by atomic mass is 9.85. The number of ketones is 1. The van der Waals surface area contributed by atoms with E-state index in [-0.39, 0.29) is 21.4 Å². The predicted octanol–water partition coefficient (Wildman–Crippen LogP) is 4.20. The number of carbonyl (C=O) groups is 2. The van der Waals surface area contributed by atoms with Gasteiger partial charge in [-0.1, -0.05) is 29.3 Å². The number of halogens is 2. The van der Waals surface area contributed by atoms with Gasteiger partial charge in [0, 0.05) is 11.1 Å². The molecule has 2 aromatic carbocycles. The van der Waals surface area contributed by atoms with E-state index in [4.69, 9.17) is 27.9 Å². The van der Waals surface area contributed by atoms with Crippen LogP contribution in [0.4, 0.5) is 0 Å². The highest BCUT2D eigenvalue weighted by Gasteiger charge is 2.44. The van der Waals surface area contributed by atoms with Gasteiger partial charge in [0.2, 0.25) is 0 Å². The van der Waals surface area contributed by atoms with Crippen LogP contribution in [0.15, 0.2) is 36.4 Å². The zero-order valence-electron chi connectivity index (χ0n) is 15.0. The molecule has 0 aromatic heterocycles. The molecule has 7 heteroatoms. The van der Waals surface area contributed by atoms with Crippen LogP contribution in [0.5, 0.6) is 5.75 Å². The highest BCUT2D eigenvalue weighted by molar-refractivity contribution is 6.43. The zero-order valence-corrected chi connectivity index (χ0v) is 16.6. The quantitative estimate of drug-likeness (QED) is 0.747. The van der Waals surface area contributed by atoms with Crippen LogP contribution in [-0.4, -0.2) is 28.5 Å². The number of nitrogens with one attached hydrogen (secondary N) is 1. The van der Waals surface area contributed by atoms with Crippen LogP contribution in [0, 0.1) is 0 Å². The summed E-state index contributed by atoms with van der Waals surface area (Å²) < 4.78 is 5.87. The molecule has 1 aliphatic heterocycles. The average molecular weight is 408 g/mol. The van der Waals surface area contributed by atoms with Crippen molar-refractivity contribution >= 4 is 34.9 Å². The summed E-state index contributed by atoms with van der Waals surface area (Å²) in [6, 6.07) is 8.92. The third-order valence-corrected chi connectivity index (χ3v) is 5.45. The number of amides is 1. The van der Waals surface area contributed by atoms with E-state index in [1.807, 2.05) is 0 Å². The Bertz CT molecular complexity index is 926. The van der Waals surface area contributed by atoms with Crippen LogP contribution in [-0.2, 0) is 0 Å². The summed E-state index contributed by atoms with van der Waals surface area (Å²) in [4.78, 5) is 24.5. The largest absolute Gasteiger partial charge is 0.485 e. The standard InChI is InChI=1S/C20H19Cl2NO4/c1-10(24)11-7-8-15-13(9-11)17(18(25)20(2,3)27-15)23-19(26)12-5-4-6-14(21)16(12)22/h4-9,17-18,25H,1-3H3,(H,23,26)/t17-,18+/m1/s1. The maximum atomic E-state index is 12.8. The molecule has 1 amide bonds. The molecular formula is C20H19Cl2NO4. The van der Waals surface area contributed by atoms with Crippen LogP contribution < -0.4 is 10.1 Å². The van der Waals surface area contributed by atoms with Gasteiger partial charge in [0.15, 0.2) is 5.78 Å². The van der Waals surface area contributed by atoms with Gasteiger partial charge in [0.25, 0.3) is 5.91 Å². The Morgan fingerprint density at radius 2 is 1.89 bits per heavy atom. The monoisotopic (exact) mass is 407 g/mol. The van der Waals surface area contributed by atoms with Crippen LogP contribution in [0.3, 0.4) is 0 Å². The second kappa shape index (κ2) is 7.15. The van der Waals surface area contributed by atoms with Crippen molar-refractivity contribution in [2.75, 3.05) is 0 Å². The molecule has 5 nitrogen and oxygen atoms in total. The van der Waals surface area contributed by atoms with E-state index in [0.717, 1.165) is 0 Å². The fourth-order valence-electron chi connectivity index (χ4n) is 3.07. The van der Waals surface area contributed by atoms with Crippen LogP contribution in [0.2, 0.25) is 10.0 Å². The molecule has 2 aromatic rings.